The van der Waals surface area contributed by atoms with E-state index in [4.69, 9.17) is 0 Å². The smallest absolute Gasteiger partial charge is 0.276 e. The molecule has 0 radical (unpaired) electrons. The first kappa shape index (κ1) is 15.8. The van der Waals surface area contributed by atoms with Gasteiger partial charge in [0.2, 0.25) is 0 Å². The van der Waals surface area contributed by atoms with Crippen molar-refractivity contribution in [2.45, 2.75) is 19.3 Å². The van der Waals surface area contributed by atoms with Gasteiger partial charge < -0.3 is 15.3 Å². The van der Waals surface area contributed by atoms with Gasteiger partial charge in [0, 0.05) is 43.6 Å². The van der Waals surface area contributed by atoms with Crippen LogP contribution in [0.25, 0.3) is 0 Å². The summed E-state index contributed by atoms with van der Waals surface area (Å²) in [6.45, 7) is 2.17. The minimum atomic E-state index is -0.189. The largest absolute Gasteiger partial charge is 0.505 e. The number of nitrogens with zero attached hydrogens (tertiary/aromatic N) is 4. The first-order valence-corrected chi connectivity index (χ1v) is 8.61. The molecule has 1 amide bonds. The summed E-state index contributed by atoms with van der Waals surface area (Å²) in [5.41, 5.74) is 0.192. The summed E-state index contributed by atoms with van der Waals surface area (Å²) < 4.78 is 0. The fraction of sp³-hybridized carbons (Fsp3) is 0.444. The Morgan fingerprint density at radius 1 is 1.36 bits per heavy atom. The average Bonchev–Trinajstić information content (AvgIpc) is 3.18. The quantitative estimate of drug-likeness (QED) is 0.884. The van der Waals surface area contributed by atoms with Crippen LogP contribution >= 0.6 is 0 Å². The molecule has 0 aromatic carbocycles. The molecule has 2 aromatic rings. The number of amides is 1. The number of hydrogen-bond acceptors (Lipinski definition) is 6. The predicted octanol–water partition coefficient (Wildman–Crippen LogP) is 1.93. The highest BCUT2D eigenvalue weighted by Gasteiger charge is 2.50. The second kappa shape index (κ2) is 6.31. The number of rotatable bonds is 4. The van der Waals surface area contributed by atoms with Gasteiger partial charge in [0.25, 0.3) is 5.91 Å². The molecule has 2 fully saturated rings. The maximum Gasteiger partial charge on any atom is 0.276 e. The summed E-state index contributed by atoms with van der Waals surface area (Å²) in [6, 6.07) is 3.12. The van der Waals surface area contributed by atoms with Gasteiger partial charge in [-0.2, -0.15) is 0 Å². The third-order valence-electron chi connectivity index (χ3n) is 5.50. The maximum atomic E-state index is 12.8. The molecule has 4 rings (SSSR count). The van der Waals surface area contributed by atoms with Gasteiger partial charge in [-0.3, -0.25) is 9.78 Å². The summed E-state index contributed by atoms with van der Waals surface area (Å²) in [5, 5.41) is 13.3. The van der Waals surface area contributed by atoms with Crippen molar-refractivity contribution in [2.24, 2.45) is 11.3 Å². The minimum absolute atomic E-state index is 0.0532. The Bertz CT molecular complexity index is 769. The van der Waals surface area contributed by atoms with Crippen LogP contribution in [0.1, 0.15) is 29.8 Å². The third-order valence-corrected chi connectivity index (χ3v) is 5.50. The number of aromatic hydroxyl groups is 1. The van der Waals surface area contributed by atoms with Crippen LogP contribution in [0.5, 0.6) is 5.75 Å². The highest BCUT2D eigenvalue weighted by atomic mass is 16.3. The van der Waals surface area contributed by atoms with E-state index in [1.807, 2.05) is 4.90 Å². The van der Waals surface area contributed by atoms with E-state index in [2.05, 4.69) is 20.3 Å². The lowest BCUT2D eigenvalue weighted by Crippen LogP contribution is -2.36. The maximum absolute atomic E-state index is 12.8. The molecule has 2 aliphatic rings. The monoisotopic (exact) mass is 339 g/mol. The molecular formula is C18H21N5O2. The number of carbonyl (C=O) groups is 1. The molecule has 7 heteroatoms. The first-order valence-electron chi connectivity index (χ1n) is 8.61. The number of pyridine rings is 1. The Morgan fingerprint density at radius 2 is 2.28 bits per heavy atom. The lowest BCUT2D eigenvalue weighted by molar-refractivity contribution is 0.0761. The van der Waals surface area contributed by atoms with Crippen molar-refractivity contribution in [1.82, 2.24) is 19.9 Å². The number of fused-ring (bicyclic) bond motifs is 1. The van der Waals surface area contributed by atoms with Crippen LogP contribution in [0.4, 0.5) is 5.82 Å². The molecule has 7 nitrogen and oxygen atoms in total. The zero-order chi connectivity index (χ0) is 17.3. The van der Waals surface area contributed by atoms with E-state index in [9.17, 15) is 9.90 Å². The number of likely N-dealkylation sites (tertiary alicyclic amines) is 1. The fourth-order valence-corrected chi connectivity index (χ4v) is 4.23. The molecule has 2 atom stereocenters. The fourth-order valence-electron chi connectivity index (χ4n) is 4.23. The van der Waals surface area contributed by atoms with E-state index in [1.54, 1.807) is 24.7 Å². The summed E-state index contributed by atoms with van der Waals surface area (Å²) in [7, 11) is 0. The average molecular weight is 339 g/mol. The molecule has 0 spiro atoms. The number of carbonyl (C=O) groups excluding carboxylic acids is 1. The van der Waals surface area contributed by atoms with Gasteiger partial charge in [-0.1, -0.05) is 6.42 Å². The van der Waals surface area contributed by atoms with Crippen LogP contribution < -0.4 is 5.32 Å². The number of nitrogens with one attached hydrogen (secondary N) is 1. The van der Waals surface area contributed by atoms with E-state index in [1.165, 1.54) is 18.7 Å². The van der Waals surface area contributed by atoms with Gasteiger partial charge >= 0.3 is 0 Å². The minimum Gasteiger partial charge on any atom is -0.505 e. The molecule has 130 valence electrons. The van der Waals surface area contributed by atoms with Crippen LogP contribution in [0.2, 0.25) is 0 Å². The summed E-state index contributed by atoms with van der Waals surface area (Å²) >= 11 is 0. The topological polar surface area (TPSA) is 91.2 Å². The molecule has 1 saturated carbocycles. The molecule has 1 aliphatic heterocycles. The number of anilines is 1. The number of hydrogen-bond donors (Lipinski definition) is 2. The van der Waals surface area contributed by atoms with E-state index in [0.29, 0.717) is 12.5 Å². The van der Waals surface area contributed by atoms with Crippen molar-refractivity contribution in [3.05, 3.63) is 42.6 Å². The van der Waals surface area contributed by atoms with Crippen LogP contribution in [-0.4, -0.2) is 50.5 Å². The van der Waals surface area contributed by atoms with Crippen molar-refractivity contribution in [3.63, 3.8) is 0 Å². The van der Waals surface area contributed by atoms with Crippen molar-refractivity contribution < 1.29 is 9.90 Å². The van der Waals surface area contributed by atoms with Gasteiger partial charge in [-0.05, 0) is 30.9 Å². The molecule has 1 saturated heterocycles. The van der Waals surface area contributed by atoms with E-state index in [-0.39, 0.29) is 22.8 Å². The Hall–Kier alpha value is -2.70. The second-order valence-electron chi connectivity index (χ2n) is 6.95. The highest BCUT2D eigenvalue weighted by molar-refractivity contribution is 5.95. The van der Waals surface area contributed by atoms with Crippen LogP contribution in [0.3, 0.4) is 0 Å². The molecule has 25 heavy (non-hydrogen) atoms. The lowest BCUT2D eigenvalue weighted by Gasteiger charge is -2.29. The Kier molecular flexibility index (Phi) is 3.99. The SMILES string of the molecule is O=C(c1ncccc1O)N1C[C@@H]2CCC[C@]2(CNc2cnccn2)C1. The zero-order valence-corrected chi connectivity index (χ0v) is 13.9. The summed E-state index contributed by atoms with van der Waals surface area (Å²) in [6.07, 6.45) is 9.96. The molecule has 0 unspecified atom stereocenters. The molecule has 0 bridgehead atoms. The van der Waals surface area contributed by atoms with Gasteiger partial charge in [0.05, 0.1) is 6.20 Å². The van der Waals surface area contributed by atoms with E-state index >= 15 is 0 Å². The van der Waals surface area contributed by atoms with E-state index in [0.717, 1.165) is 31.7 Å². The second-order valence-corrected chi connectivity index (χ2v) is 6.95. The van der Waals surface area contributed by atoms with Crippen LogP contribution in [0.15, 0.2) is 36.9 Å². The summed E-state index contributed by atoms with van der Waals surface area (Å²) in [4.78, 5) is 27.0. The summed E-state index contributed by atoms with van der Waals surface area (Å²) in [5.74, 6) is 0.976. The Morgan fingerprint density at radius 3 is 3.08 bits per heavy atom. The third kappa shape index (κ3) is 2.90. The van der Waals surface area contributed by atoms with Gasteiger partial charge in [0.15, 0.2) is 5.69 Å². The van der Waals surface area contributed by atoms with Crippen LogP contribution in [0, 0.1) is 11.3 Å². The van der Waals surface area contributed by atoms with Crippen molar-refractivity contribution in [2.75, 3.05) is 25.0 Å². The Balaban J connectivity index is 1.50. The van der Waals surface area contributed by atoms with Crippen molar-refractivity contribution in [3.8, 4) is 5.75 Å². The molecule has 2 N–H and O–H groups in total. The zero-order valence-electron chi connectivity index (χ0n) is 13.9. The molecule has 3 heterocycles. The van der Waals surface area contributed by atoms with Gasteiger partial charge in [0.1, 0.15) is 11.6 Å². The Labute approximate surface area is 146 Å². The normalized spacial score (nSPS) is 25.0. The standard InChI is InChI=1S/C18H21N5O2/c24-14-4-2-6-21-16(14)17(25)23-10-13-3-1-5-18(13,12-23)11-22-15-9-19-7-8-20-15/h2,4,6-9,13,24H,1,3,5,10-12H2,(H,20,22)/t13-,18-/m0/s1. The van der Waals surface area contributed by atoms with Crippen molar-refractivity contribution >= 4 is 11.7 Å². The predicted molar refractivity (Wildman–Crippen MR) is 92.1 cm³/mol. The van der Waals surface area contributed by atoms with Crippen molar-refractivity contribution in [1.29, 1.82) is 0 Å². The lowest BCUT2D eigenvalue weighted by atomic mass is 9.80. The number of aromatic nitrogens is 3. The van der Waals surface area contributed by atoms with Crippen LogP contribution in [-0.2, 0) is 0 Å². The molecule has 1 aliphatic carbocycles. The highest BCUT2D eigenvalue weighted by Crippen LogP contribution is 2.49. The first-order chi connectivity index (χ1) is 12.2. The van der Waals surface area contributed by atoms with Gasteiger partial charge in [-0.15, -0.1) is 0 Å². The molecule has 2 aromatic heterocycles. The molecular weight excluding hydrogens is 318 g/mol. The van der Waals surface area contributed by atoms with Gasteiger partial charge in [-0.25, -0.2) is 9.97 Å². The van der Waals surface area contributed by atoms with E-state index < -0.39 is 0 Å².